The number of likely N-dealkylation sites (N-methyl/N-ethyl adjacent to an activating group) is 1. The summed E-state index contributed by atoms with van der Waals surface area (Å²) >= 11 is 0. The first kappa shape index (κ1) is 24.5. The van der Waals surface area contributed by atoms with Gasteiger partial charge < -0.3 is 9.64 Å². The van der Waals surface area contributed by atoms with Crippen molar-refractivity contribution >= 4 is 18.1 Å². The molecule has 1 aliphatic rings. The molecule has 3 rings (SSSR count). The van der Waals surface area contributed by atoms with Crippen molar-refractivity contribution in [2.24, 2.45) is 0 Å². The second kappa shape index (κ2) is 10.6. The molecule has 0 unspecified atom stereocenters. The summed E-state index contributed by atoms with van der Waals surface area (Å²) in [4.78, 5) is 34.3. The molecule has 6 heteroatoms. The molecular weight excluding hydrogens is 414 g/mol. The first-order valence-corrected chi connectivity index (χ1v) is 11.7. The Labute approximate surface area is 197 Å². The number of aromatic nitrogens is 1. The number of rotatable bonds is 5. The molecule has 1 aromatic heterocycles. The highest BCUT2D eigenvalue weighted by atomic mass is 16.6. The highest BCUT2D eigenvalue weighted by Gasteiger charge is 2.33. The van der Waals surface area contributed by atoms with Crippen LogP contribution in [0.5, 0.6) is 0 Å². The zero-order valence-electron chi connectivity index (χ0n) is 20.4. The van der Waals surface area contributed by atoms with E-state index in [2.05, 4.69) is 11.9 Å². The van der Waals surface area contributed by atoms with Gasteiger partial charge in [-0.1, -0.05) is 37.3 Å². The van der Waals surface area contributed by atoms with Gasteiger partial charge in [-0.3, -0.25) is 14.7 Å². The van der Waals surface area contributed by atoms with Crippen molar-refractivity contribution in [2.45, 2.75) is 65.0 Å². The zero-order chi connectivity index (χ0) is 24.0. The first-order valence-electron chi connectivity index (χ1n) is 11.7. The fraction of sp³-hybridized carbons (Fsp3) is 0.444. The van der Waals surface area contributed by atoms with Crippen molar-refractivity contribution in [3.8, 4) is 0 Å². The Kier molecular flexibility index (Phi) is 7.90. The minimum Gasteiger partial charge on any atom is -0.443 e. The summed E-state index contributed by atoms with van der Waals surface area (Å²) in [6.45, 7) is 8.18. The number of nitrogens with zero attached hydrogens (tertiary/aromatic N) is 3. The van der Waals surface area contributed by atoms with Crippen LogP contribution < -0.4 is 0 Å². The summed E-state index contributed by atoms with van der Waals surface area (Å²) < 4.78 is 5.57. The van der Waals surface area contributed by atoms with Crippen molar-refractivity contribution in [3.05, 3.63) is 71.2 Å². The van der Waals surface area contributed by atoms with Gasteiger partial charge in [0.1, 0.15) is 11.3 Å². The van der Waals surface area contributed by atoms with Crippen LogP contribution in [0.15, 0.2) is 54.5 Å². The SMILES string of the molecule is CCc1ccc(/C=C(\C(=O)N2CCCC[C@@H]2c2cccnc2)N(C)C(=O)OC(C)(C)C)cc1. The molecule has 2 heterocycles. The molecule has 1 fully saturated rings. The number of pyridine rings is 1. The predicted octanol–water partition coefficient (Wildman–Crippen LogP) is 5.61. The predicted molar refractivity (Wildman–Crippen MR) is 130 cm³/mol. The van der Waals surface area contributed by atoms with Gasteiger partial charge in [-0.2, -0.15) is 0 Å². The zero-order valence-corrected chi connectivity index (χ0v) is 20.4. The van der Waals surface area contributed by atoms with E-state index in [1.165, 1.54) is 10.5 Å². The molecule has 0 radical (unpaired) electrons. The Morgan fingerprint density at radius 3 is 2.52 bits per heavy atom. The number of piperidine rings is 1. The van der Waals surface area contributed by atoms with E-state index in [9.17, 15) is 9.59 Å². The van der Waals surface area contributed by atoms with Gasteiger partial charge >= 0.3 is 6.09 Å². The van der Waals surface area contributed by atoms with Gasteiger partial charge in [0.25, 0.3) is 5.91 Å². The van der Waals surface area contributed by atoms with Crippen LogP contribution in [0.2, 0.25) is 0 Å². The summed E-state index contributed by atoms with van der Waals surface area (Å²) in [5.74, 6) is -0.184. The molecule has 2 aromatic rings. The molecule has 2 amide bonds. The average Bonchev–Trinajstić information content (AvgIpc) is 2.81. The van der Waals surface area contributed by atoms with Gasteiger partial charge in [0.15, 0.2) is 0 Å². The van der Waals surface area contributed by atoms with E-state index in [4.69, 9.17) is 4.74 Å². The quantitative estimate of drug-likeness (QED) is 0.557. The third-order valence-electron chi connectivity index (χ3n) is 5.77. The van der Waals surface area contributed by atoms with E-state index >= 15 is 0 Å². The molecule has 0 spiro atoms. The summed E-state index contributed by atoms with van der Waals surface area (Å²) in [5.41, 5.74) is 2.72. The number of benzene rings is 1. The molecule has 1 aromatic carbocycles. The van der Waals surface area contributed by atoms with Crippen LogP contribution in [-0.2, 0) is 16.0 Å². The highest BCUT2D eigenvalue weighted by Crippen LogP contribution is 2.32. The summed E-state index contributed by atoms with van der Waals surface area (Å²) in [7, 11) is 1.60. The maximum Gasteiger partial charge on any atom is 0.414 e. The second-order valence-corrected chi connectivity index (χ2v) is 9.46. The molecule has 0 N–H and O–H groups in total. The number of amides is 2. The lowest BCUT2D eigenvalue weighted by Gasteiger charge is -2.37. The summed E-state index contributed by atoms with van der Waals surface area (Å²) in [6, 6.07) is 11.9. The van der Waals surface area contributed by atoms with Gasteiger partial charge in [-0.25, -0.2) is 4.79 Å². The monoisotopic (exact) mass is 449 g/mol. The average molecular weight is 450 g/mol. The lowest BCUT2D eigenvalue weighted by atomic mass is 9.95. The molecule has 0 aliphatic carbocycles. The van der Waals surface area contributed by atoms with E-state index in [0.717, 1.165) is 36.8 Å². The Morgan fingerprint density at radius 2 is 1.91 bits per heavy atom. The molecular formula is C27H35N3O3. The fourth-order valence-corrected chi connectivity index (χ4v) is 3.98. The van der Waals surface area contributed by atoms with Crippen LogP contribution >= 0.6 is 0 Å². The fourth-order valence-electron chi connectivity index (χ4n) is 3.98. The number of aryl methyl sites for hydroxylation is 1. The number of hydrogen-bond acceptors (Lipinski definition) is 4. The lowest BCUT2D eigenvalue weighted by molar-refractivity contribution is -0.132. The number of ether oxygens (including phenoxy) is 1. The summed E-state index contributed by atoms with van der Waals surface area (Å²) in [6.07, 6.45) is 8.56. The first-order chi connectivity index (χ1) is 15.7. The standard InChI is InChI=1S/C27H35N3O3/c1-6-20-12-14-21(15-13-20)18-24(29(5)26(32)33-27(2,3)4)25(31)30-17-8-7-11-23(30)22-10-9-16-28-19-22/h9-10,12-16,18-19,23H,6-8,11,17H2,1-5H3/b24-18+/t23-/m1/s1. The van der Waals surface area contributed by atoms with Crippen molar-refractivity contribution < 1.29 is 14.3 Å². The van der Waals surface area contributed by atoms with Gasteiger partial charge in [-0.15, -0.1) is 0 Å². The van der Waals surface area contributed by atoms with Crippen LogP contribution in [0, 0.1) is 0 Å². The Hall–Kier alpha value is -3.15. The van der Waals surface area contributed by atoms with Gasteiger partial charge in [0.05, 0.1) is 6.04 Å². The van der Waals surface area contributed by atoms with Crippen LogP contribution in [0.1, 0.15) is 69.7 Å². The van der Waals surface area contributed by atoms with Gasteiger partial charge in [0.2, 0.25) is 0 Å². The van der Waals surface area contributed by atoms with Crippen LogP contribution in [-0.4, -0.2) is 46.0 Å². The molecule has 1 saturated heterocycles. The van der Waals surface area contributed by atoms with Crippen molar-refractivity contribution in [1.29, 1.82) is 0 Å². The molecule has 1 atom stereocenters. The second-order valence-electron chi connectivity index (χ2n) is 9.46. The van der Waals surface area contributed by atoms with E-state index in [1.807, 2.05) is 68.3 Å². The number of carbonyl (C=O) groups is 2. The Bertz CT molecular complexity index is 978. The third-order valence-corrected chi connectivity index (χ3v) is 5.77. The number of hydrogen-bond donors (Lipinski definition) is 0. The van der Waals surface area contributed by atoms with E-state index in [1.54, 1.807) is 19.3 Å². The van der Waals surface area contributed by atoms with E-state index < -0.39 is 11.7 Å². The normalized spacial score (nSPS) is 16.9. The smallest absolute Gasteiger partial charge is 0.414 e. The topological polar surface area (TPSA) is 62.7 Å². The van der Waals surface area contributed by atoms with Crippen LogP contribution in [0.25, 0.3) is 6.08 Å². The van der Waals surface area contributed by atoms with E-state index in [0.29, 0.717) is 12.2 Å². The number of carbonyl (C=O) groups excluding carboxylic acids is 2. The molecule has 0 bridgehead atoms. The van der Waals surface area contributed by atoms with Crippen LogP contribution in [0.4, 0.5) is 4.79 Å². The molecule has 1 aliphatic heterocycles. The lowest BCUT2D eigenvalue weighted by Crippen LogP contribution is -2.44. The third kappa shape index (κ3) is 6.44. The molecule has 33 heavy (non-hydrogen) atoms. The minimum atomic E-state index is -0.661. The van der Waals surface area contributed by atoms with Crippen molar-refractivity contribution in [1.82, 2.24) is 14.8 Å². The van der Waals surface area contributed by atoms with Crippen molar-refractivity contribution in [2.75, 3.05) is 13.6 Å². The Morgan fingerprint density at radius 1 is 1.18 bits per heavy atom. The van der Waals surface area contributed by atoms with Gasteiger partial charge in [-0.05, 0) is 75.3 Å². The maximum absolute atomic E-state index is 13.9. The van der Waals surface area contributed by atoms with Gasteiger partial charge in [0, 0.05) is 26.0 Å². The largest absolute Gasteiger partial charge is 0.443 e. The van der Waals surface area contributed by atoms with Crippen LogP contribution in [0.3, 0.4) is 0 Å². The molecule has 176 valence electrons. The Balaban J connectivity index is 1.98. The number of likely N-dealkylation sites (tertiary alicyclic amines) is 1. The van der Waals surface area contributed by atoms with Crippen molar-refractivity contribution in [3.63, 3.8) is 0 Å². The molecule has 6 nitrogen and oxygen atoms in total. The highest BCUT2D eigenvalue weighted by molar-refractivity contribution is 6.00. The van der Waals surface area contributed by atoms with E-state index in [-0.39, 0.29) is 11.9 Å². The molecule has 0 saturated carbocycles. The summed E-state index contributed by atoms with van der Waals surface area (Å²) in [5, 5.41) is 0. The minimum absolute atomic E-state index is 0.0714. The maximum atomic E-state index is 13.9.